The third-order valence-electron chi connectivity index (χ3n) is 2.58. The summed E-state index contributed by atoms with van der Waals surface area (Å²) in [6.45, 7) is 8.58. The Morgan fingerprint density at radius 3 is 2.77 bits per heavy atom. The van der Waals surface area contributed by atoms with E-state index in [1.165, 1.54) is 32.1 Å². The zero-order chi connectivity index (χ0) is 9.52. The summed E-state index contributed by atoms with van der Waals surface area (Å²) >= 11 is 0. The van der Waals surface area contributed by atoms with Crippen LogP contribution in [0.25, 0.3) is 0 Å². The van der Waals surface area contributed by atoms with Gasteiger partial charge in [-0.05, 0) is 0 Å². The Balaban J connectivity index is 2.13. The molecule has 0 bridgehead atoms. The van der Waals surface area contributed by atoms with Crippen molar-refractivity contribution in [1.82, 2.24) is 0 Å². The second-order valence-corrected chi connectivity index (χ2v) is 3.78. The third-order valence-corrected chi connectivity index (χ3v) is 2.58. The minimum atomic E-state index is 0.774. The van der Waals surface area contributed by atoms with Gasteiger partial charge in [-0.1, -0.05) is 0 Å². The van der Waals surface area contributed by atoms with E-state index in [9.17, 15) is 0 Å². The van der Waals surface area contributed by atoms with Gasteiger partial charge >= 0.3 is 81.4 Å². The summed E-state index contributed by atoms with van der Waals surface area (Å²) in [5.41, 5.74) is 0.799. The van der Waals surface area contributed by atoms with Crippen molar-refractivity contribution in [3.63, 3.8) is 0 Å². The van der Waals surface area contributed by atoms with Crippen LogP contribution in [0, 0.1) is 5.92 Å². The first-order valence-corrected chi connectivity index (χ1v) is 5.27. The van der Waals surface area contributed by atoms with Crippen molar-refractivity contribution in [2.24, 2.45) is 5.92 Å². The van der Waals surface area contributed by atoms with Crippen LogP contribution in [-0.2, 0) is 4.74 Å². The van der Waals surface area contributed by atoms with Crippen molar-refractivity contribution < 1.29 is 4.74 Å². The molecule has 1 fully saturated rings. The van der Waals surface area contributed by atoms with Gasteiger partial charge in [-0.3, -0.25) is 0 Å². The minimum absolute atomic E-state index is 0.774. The molecule has 72 valence electrons. The molecule has 0 heterocycles. The standard InChI is InChI=1S/C11H19BO/c1-3-12-10(2)13-9-11-7-5-4-6-8-11/h3,11H,2,4-9H2,1H3. The van der Waals surface area contributed by atoms with Gasteiger partial charge in [-0.15, -0.1) is 0 Å². The van der Waals surface area contributed by atoms with Gasteiger partial charge in [0.25, 0.3) is 0 Å². The Morgan fingerprint density at radius 2 is 2.15 bits per heavy atom. The van der Waals surface area contributed by atoms with Crippen molar-refractivity contribution in [3.8, 4) is 0 Å². The van der Waals surface area contributed by atoms with Crippen LogP contribution in [0.5, 0.6) is 0 Å². The fourth-order valence-corrected chi connectivity index (χ4v) is 1.81. The second-order valence-electron chi connectivity index (χ2n) is 3.78. The van der Waals surface area contributed by atoms with E-state index in [1.54, 1.807) is 0 Å². The maximum absolute atomic E-state index is 5.54. The maximum atomic E-state index is 5.54. The quantitative estimate of drug-likeness (QED) is 0.474. The molecule has 1 nitrogen and oxygen atoms in total. The fraction of sp³-hybridized carbons (Fsp3) is 0.727. The molecule has 0 aromatic heterocycles. The second kappa shape index (κ2) is 6.01. The van der Waals surface area contributed by atoms with Gasteiger partial charge in [0, 0.05) is 0 Å². The molecule has 1 aliphatic rings. The van der Waals surface area contributed by atoms with Crippen molar-refractivity contribution >= 4 is 12.9 Å². The van der Waals surface area contributed by atoms with E-state index in [1.807, 2.05) is 19.8 Å². The third kappa shape index (κ3) is 4.30. The van der Waals surface area contributed by atoms with Gasteiger partial charge < -0.3 is 0 Å². The predicted molar refractivity (Wildman–Crippen MR) is 59.2 cm³/mol. The topological polar surface area (TPSA) is 9.23 Å². The van der Waals surface area contributed by atoms with Crippen LogP contribution in [0.1, 0.15) is 39.0 Å². The van der Waals surface area contributed by atoms with Gasteiger partial charge in [0.2, 0.25) is 0 Å². The first-order valence-electron chi connectivity index (χ1n) is 5.27. The Morgan fingerprint density at radius 1 is 1.46 bits per heavy atom. The van der Waals surface area contributed by atoms with Crippen molar-refractivity contribution in [2.75, 3.05) is 6.61 Å². The molecular formula is C11H19BO. The van der Waals surface area contributed by atoms with E-state index < -0.39 is 0 Å². The van der Waals surface area contributed by atoms with E-state index in [0.717, 1.165) is 18.2 Å². The van der Waals surface area contributed by atoms with Gasteiger partial charge in [0.1, 0.15) is 0 Å². The fourth-order valence-electron chi connectivity index (χ4n) is 1.81. The summed E-state index contributed by atoms with van der Waals surface area (Å²) < 4.78 is 5.54. The summed E-state index contributed by atoms with van der Waals surface area (Å²) in [6, 6.07) is 0. The van der Waals surface area contributed by atoms with Crippen LogP contribution in [0.2, 0.25) is 0 Å². The van der Waals surface area contributed by atoms with Crippen molar-refractivity contribution in [3.05, 3.63) is 12.2 Å². The summed E-state index contributed by atoms with van der Waals surface area (Å²) in [5.74, 6) is 2.74. The molecule has 1 aliphatic carbocycles. The summed E-state index contributed by atoms with van der Waals surface area (Å²) in [4.78, 5) is 0. The van der Waals surface area contributed by atoms with Gasteiger partial charge in [-0.25, -0.2) is 0 Å². The van der Waals surface area contributed by atoms with Crippen molar-refractivity contribution in [1.29, 1.82) is 0 Å². The molecule has 0 aromatic carbocycles. The van der Waals surface area contributed by atoms with Crippen LogP contribution in [-0.4, -0.2) is 19.5 Å². The molecule has 13 heavy (non-hydrogen) atoms. The van der Waals surface area contributed by atoms with Gasteiger partial charge in [0.05, 0.1) is 0 Å². The van der Waals surface area contributed by atoms with E-state index in [2.05, 4.69) is 6.58 Å². The molecule has 2 heteroatoms. The van der Waals surface area contributed by atoms with Crippen LogP contribution in [0.15, 0.2) is 12.2 Å². The molecule has 0 unspecified atom stereocenters. The predicted octanol–water partition coefficient (Wildman–Crippen LogP) is 2.58. The molecule has 0 spiro atoms. The SMILES string of the molecule is C=C(B=CC)OCC1CCCCC1. The normalized spacial score (nSPS) is 18.5. The van der Waals surface area contributed by atoms with E-state index in [-0.39, 0.29) is 0 Å². The molecule has 0 N–H and O–H groups in total. The van der Waals surface area contributed by atoms with Crippen molar-refractivity contribution in [2.45, 2.75) is 39.0 Å². The van der Waals surface area contributed by atoms with E-state index in [4.69, 9.17) is 4.74 Å². The van der Waals surface area contributed by atoms with E-state index >= 15 is 0 Å². The number of ether oxygens (including phenoxy) is 1. The first kappa shape index (κ1) is 10.6. The van der Waals surface area contributed by atoms with Crippen LogP contribution < -0.4 is 0 Å². The molecule has 1 rings (SSSR count). The van der Waals surface area contributed by atoms with Crippen LogP contribution in [0.4, 0.5) is 0 Å². The van der Waals surface area contributed by atoms with Gasteiger partial charge in [0.15, 0.2) is 0 Å². The molecule has 0 saturated heterocycles. The summed E-state index contributed by atoms with van der Waals surface area (Å²) in [5, 5.41) is 0. The number of hydrogen-bond acceptors (Lipinski definition) is 1. The Labute approximate surface area is 82.1 Å². The molecule has 0 radical (unpaired) electrons. The molecule has 0 aromatic rings. The Bertz CT molecular complexity index is 181. The van der Waals surface area contributed by atoms with E-state index in [0.29, 0.717) is 0 Å². The molecule has 0 amide bonds. The van der Waals surface area contributed by atoms with Gasteiger partial charge in [-0.2, -0.15) is 0 Å². The van der Waals surface area contributed by atoms with Crippen LogP contribution in [0.3, 0.4) is 0 Å². The average Bonchev–Trinajstić information content (AvgIpc) is 2.17. The molecule has 0 aliphatic heterocycles. The first-order chi connectivity index (χ1) is 6.33. The Kier molecular flexibility index (Phi) is 4.88. The average molecular weight is 178 g/mol. The number of hydrogen-bond donors (Lipinski definition) is 0. The van der Waals surface area contributed by atoms with Crippen LogP contribution >= 0.6 is 0 Å². The molecular weight excluding hydrogens is 159 g/mol. The summed E-state index contributed by atoms with van der Waals surface area (Å²) in [7, 11) is 0. The monoisotopic (exact) mass is 178 g/mol. The number of rotatable bonds is 4. The zero-order valence-electron chi connectivity index (χ0n) is 8.59. The molecule has 1 saturated carbocycles. The molecule has 0 atom stereocenters. The zero-order valence-corrected chi connectivity index (χ0v) is 8.59. The Hall–Kier alpha value is -0.525. The summed E-state index contributed by atoms with van der Waals surface area (Å²) in [6.07, 6.45) is 6.84.